The number of nitrogens with zero attached hydrogens (tertiary/aromatic N) is 1. The Morgan fingerprint density at radius 2 is 1.95 bits per heavy atom. The summed E-state index contributed by atoms with van der Waals surface area (Å²) < 4.78 is 0.734. The van der Waals surface area contributed by atoms with Gasteiger partial charge in [0.1, 0.15) is 0 Å². The van der Waals surface area contributed by atoms with Crippen molar-refractivity contribution in [3.63, 3.8) is 0 Å². The first-order chi connectivity index (χ1) is 9.88. The SMILES string of the molecule is CC(Nc1cc([N+](=O)[O-])ccc1Br)c1cc(Cl)ccc1Cl. The topological polar surface area (TPSA) is 55.2 Å². The third-order valence-electron chi connectivity index (χ3n) is 2.96. The number of nitro benzene ring substituents is 1. The third-order valence-corrected chi connectivity index (χ3v) is 4.23. The molecular formula is C14H11BrCl2N2O2. The van der Waals surface area contributed by atoms with Gasteiger partial charge in [-0.3, -0.25) is 10.1 Å². The predicted molar refractivity (Wildman–Crippen MR) is 89.3 cm³/mol. The van der Waals surface area contributed by atoms with Gasteiger partial charge in [-0.1, -0.05) is 23.2 Å². The Morgan fingerprint density at radius 1 is 1.24 bits per heavy atom. The Hall–Kier alpha value is -1.30. The van der Waals surface area contributed by atoms with E-state index in [-0.39, 0.29) is 11.7 Å². The molecule has 1 N–H and O–H groups in total. The maximum atomic E-state index is 10.8. The van der Waals surface area contributed by atoms with Crippen LogP contribution in [-0.4, -0.2) is 4.92 Å². The van der Waals surface area contributed by atoms with Crippen molar-refractivity contribution in [1.29, 1.82) is 0 Å². The van der Waals surface area contributed by atoms with Crippen LogP contribution in [0.3, 0.4) is 0 Å². The fraction of sp³-hybridized carbons (Fsp3) is 0.143. The van der Waals surface area contributed by atoms with E-state index in [1.165, 1.54) is 12.1 Å². The van der Waals surface area contributed by atoms with Crippen LogP contribution in [0.25, 0.3) is 0 Å². The van der Waals surface area contributed by atoms with Crippen molar-refractivity contribution >= 4 is 50.5 Å². The molecular weight excluding hydrogens is 379 g/mol. The summed E-state index contributed by atoms with van der Waals surface area (Å²) in [6.07, 6.45) is 0. The van der Waals surface area contributed by atoms with Gasteiger partial charge in [-0.2, -0.15) is 0 Å². The molecule has 2 rings (SSSR count). The van der Waals surface area contributed by atoms with Gasteiger partial charge >= 0.3 is 0 Å². The van der Waals surface area contributed by atoms with E-state index in [9.17, 15) is 10.1 Å². The van der Waals surface area contributed by atoms with E-state index in [1.807, 2.05) is 6.92 Å². The number of nitrogens with one attached hydrogen (secondary N) is 1. The molecule has 7 heteroatoms. The summed E-state index contributed by atoms with van der Waals surface area (Å²) in [5.41, 5.74) is 1.46. The van der Waals surface area contributed by atoms with Crippen molar-refractivity contribution in [2.45, 2.75) is 13.0 Å². The normalized spacial score (nSPS) is 12.0. The first-order valence-electron chi connectivity index (χ1n) is 6.04. The minimum atomic E-state index is -0.436. The summed E-state index contributed by atoms with van der Waals surface area (Å²) in [5, 5.41) is 15.2. The molecule has 1 atom stereocenters. The third kappa shape index (κ3) is 3.87. The van der Waals surface area contributed by atoms with Gasteiger partial charge in [0, 0.05) is 26.7 Å². The Bertz CT molecular complexity index is 695. The number of benzene rings is 2. The number of nitro groups is 1. The molecule has 0 saturated heterocycles. The largest absolute Gasteiger partial charge is 0.377 e. The standard InChI is InChI=1S/C14H11BrCl2N2O2/c1-8(11-6-9(16)2-5-13(11)17)18-14-7-10(19(20)21)3-4-12(14)15/h2-8,18H,1H3. The summed E-state index contributed by atoms with van der Waals surface area (Å²) >= 11 is 15.5. The summed E-state index contributed by atoms with van der Waals surface area (Å²) in [4.78, 5) is 10.4. The monoisotopic (exact) mass is 388 g/mol. The molecule has 21 heavy (non-hydrogen) atoms. The van der Waals surface area contributed by atoms with Gasteiger partial charge in [0.05, 0.1) is 16.7 Å². The highest BCUT2D eigenvalue weighted by atomic mass is 79.9. The first-order valence-corrected chi connectivity index (χ1v) is 7.59. The van der Waals surface area contributed by atoms with Crippen LogP contribution in [0.4, 0.5) is 11.4 Å². The quantitative estimate of drug-likeness (QED) is 0.528. The molecule has 4 nitrogen and oxygen atoms in total. The van der Waals surface area contributed by atoms with Crippen molar-refractivity contribution in [2.24, 2.45) is 0 Å². The van der Waals surface area contributed by atoms with Gasteiger partial charge in [-0.25, -0.2) is 0 Å². The van der Waals surface area contributed by atoms with Crippen molar-refractivity contribution in [2.75, 3.05) is 5.32 Å². The highest BCUT2D eigenvalue weighted by Crippen LogP contribution is 2.33. The zero-order valence-electron chi connectivity index (χ0n) is 10.9. The van der Waals surface area contributed by atoms with Gasteiger partial charge in [-0.15, -0.1) is 0 Å². The molecule has 0 radical (unpaired) electrons. The Labute approximate surface area is 140 Å². The molecule has 0 aliphatic heterocycles. The highest BCUT2D eigenvalue weighted by molar-refractivity contribution is 9.10. The lowest BCUT2D eigenvalue weighted by atomic mass is 10.1. The van der Waals surface area contributed by atoms with E-state index in [2.05, 4.69) is 21.2 Å². The smallest absolute Gasteiger partial charge is 0.271 e. The summed E-state index contributed by atoms with van der Waals surface area (Å²) in [5.74, 6) is 0. The van der Waals surface area contributed by atoms with E-state index in [1.54, 1.807) is 24.3 Å². The van der Waals surface area contributed by atoms with Crippen LogP contribution in [0.2, 0.25) is 10.0 Å². The van der Waals surface area contributed by atoms with E-state index in [4.69, 9.17) is 23.2 Å². The van der Waals surface area contributed by atoms with E-state index in [0.717, 1.165) is 10.0 Å². The average molecular weight is 390 g/mol. The first kappa shape index (κ1) is 16.1. The Kier molecular flexibility index (Phi) is 5.08. The molecule has 0 aromatic heterocycles. The number of hydrogen-bond donors (Lipinski definition) is 1. The van der Waals surface area contributed by atoms with Crippen LogP contribution in [0, 0.1) is 10.1 Å². The minimum Gasteiger partial charge on any atom is -0.377 e. The molecule has 0 aliphatic carbocycles. The number of anilines is 1. The van der Waals surface area contributed by atoms with E-state index in [0.29, 0.717) is 15.7 Å². The van der Waals surface area contributed by atoms with Crippen molar-refractivity contribution in [3.05, 3.63) is 66.6 Å². The van der Waals surface area contributed by atoms with Crippen LogP contribution in [0.5, 0.6) is 0 Å². The Balaban J connectivity index is 2.31. The molecule has 1 unspecified atom stereocenters. The highest BCUT2D eigenvalue weighted by Gasteiger charge is 2.14. The zero-order chi connectivity index (χ0) is 15.6. The molecule has 2 aromatic rings. The molecule has 0 bridgehead atoms. The predicted octanol–water partition coefficient (Wildman–Crippen LogP) is 5.84. The summed E-state index contributed by atoms with van der Waals surface area (Å²) in [7, 11) is 0. The maximum Gasteiger partial charge on any atom is 0.271 e. The number of halogens is 3. The second-order valence-corrected chi connectivity index (χ2v) is 6.15. The Morgan fingerprint density at radius 3 is 2.62 bits per heavy atom. The molecule has 0 amide bonds. The molecule has 0 aliphatic rings. The van der Waals surface area contributed by atoms with Crippen molar-refractivity contribution in [3.8, 4) is 0 Å². The molecule has 0 heterocycles. The fourth-order valence-electron chi connectivity index (χ4n) is 1.89. The van der Waals surface area contributed by atoms with Crippen LogP contribution >= 0.6 is 39.1 Å². The van der Waals surface area contributed by atoms with Gasteiger partial charge in [0.15, 0.2) is 0 Å². The molecule has 0 spiro atoms. The molecule has 0 fully saturated rings. The van der Waals surface area contributed by atoms with Crippen molar-refractivity contribution in [1.82, 2.24) is 0 Å². The summed E-state index contributed by atoms with van der Waals surface area (Å²) in [6, 6.07) is 9.59. The van der Waals surface area contributed by atoms with Gasteiger partial charge in [-0.05, 0) is 52.7 Å². The molecule has 110 valence electrons. The average Bonchev–Trinajstić information content (AvgIpc) is 2.43. The number of non-ortho nitro benzene ring substituents is 1. The van der Waals surface area contributed by atoms with Crippen molar-refractivity contribution < 1.29 is 4.92 Å². The van der Waals surface area contributed by atoms with Gasteiger partial charge < -0.3 is 5.32 Å². The zero-order valence-corrected chi connectivity index (χ0v) is 14.0. The lowest BCUT2D eigenvalue weighted by molar-refractivity contribution is -0.384. The van der Waals surface area contributed by atoms with Gasteiger partial charge in [0.2, 0.25) is 0 Å². The van der Waals surface area contributed by atoms with E-state index >= 15 is 0 Å². The summed E-state index contributed by atoms with van der Waals surface area (Å²) in [6.45, 7) is 1.91. The van der Waals surface area contributed by atoms with Crippen LogP contribution in [0.1, 0.15) is 18.5 Å². The lowest BCUT2D eigenvalue weighted by Gasteiger charge is -2.18. The maximum absolute atomic E-state index is 10.8. The van der Waals surface area contributed by atoms with Crippen LogP contribution < -0.4 is 5.32 Å². The molecule has 0 saturated carbocycles. The van der Waals surface area contributed by atoms with Crippen LogP contribution in [-0.2, 0) is 0 Å². The van der Waals surface area contributed by atoms with Crippen LogP contribution in [0.15, 0.2) is 40.9 Å². The van der Waals surface area contributed by atoms with Gasteiger partial charge in [0.25, 0.3) is 5.69 Å². The number of hydrogen-bond acceptors (Lipinski definition) is 3. The lowest BCUT2D eigenvalue weighted by Crippen LogP contribution is -2.08. The van der Waals surface area contributed by atoms with E-state index < -0.39 is 4.92 Å². The minimum absolute atomic E-state index is 0.0186. The number of rotatable bonds is 4. The second-order valence-electron chi connectivity index (χ2n) is 4.45. The second kappa shape index (κ2) is 6.64. The molecule has 2 aromatic carbocycles. The fourth-order valence-corrected chi connectivity index (χ4v) is 2.72.